The van der Waals surface area contributed by atoms with Crippen molar-refractivity contribution in [2.24, 2.45) is 0 Å². The van der Waals surface area contributed by atoms with E-state index in [1.54, 1.807) is 0 Å². The summed E-state index contributed by atoms with van der Waals surface area (Å²) in [7, 11) is 0. The molecular formula is C22H23F3N4O+2. The normalized spacial score (nSPS) is 15.4. The maximum Gasteiger partial charge on any atom is 0.419 e. The molecule has 0 atom stereocenters. The van der Waals surface area contributed by atoms with Crippen molar-refractivity contribution in [1.82, 2.24) is 0 Å². The quantitative estimate of drug-likeness (QED) is 0.684. The third kappa shape index (κ3) is 4.71. The van der Waals surface area contributed by atoms with E-state index in [-0.39, 0.29) is 5.91 Å². The van der Waals surface area contributed by atoms with Crippen molar-refractivity contribution in [3.05, 3.63) is 66.4 Å². The topological polar surface area (TPSA) is 50.9 Å². The number of H-pyrrole nitrogens is 1. The summed E-state index contributed by atoms with van der Waals surface area (Å²) in [6.45, 7) is 3.16. The number of nitrogens with zero attached hydrogens (tertiary/aromatic N) is 1. The van der Waals surface area contributed by atoms with Crippen molar-refractivity contribution in [1.29, 1.82) is 0 Å². The number of nitrogens with one attached hydrogen (secondary N) is 3. The first-order valence-corrected chi connectivity index (χ1v) is 9.84. The number of anilines is 2. The number of pyridine rings is 1. The SMILES string of the molecule is O=C(C[NH+]1CCN(c2ccc(C(F)(F)F)c[nH+]2)CC1)Nc1ccc2ccccc2c1. The molecule has 30 heavy (non-hydrogen) atoms. The number of aromatic amines is 1. The van der Waals surface area contributed by atoms with Gasteiger partial charge in [0, 0.05) is 11.8 Å². The average Bonchev–Trinajstić information content (AvgIpc) is 2.74. The number of rotatable bonds is 4. The van der Waals surface area contributed by atoms with Crippen molar-refractivity contribution < 1.29 is 27.8 Å². The van der Waals surface area contributed by atoms with Gasteiger partial charge in [-0.2, -0.15) is 13.2 Å². The van der Waals surface area contributed by atoms with Gasteiger partial charge in [-0.05, 0) is 29.0 Å². The second-order valence-electron chi connectivity index (χ2n) is 7.48. The highest BCUT2D eigenvalue weighted by molar-refractivity contribution is 5.94. The van der Waals surface area contributed by atoms with Crippen LogP contribution in [0.2, 0.25) is 0 Å². The first-order valence-electron chi connectivity index (χ1n) is 9.84. The van der Waals surface area contributed by atoms with E-state index in [0.717, 1.165) is 46.7 Å². The van der Waals surface area contributed by atoms with Crippen LogP contribution >= 0.6 is 0 Å². The molecule has 0 bridgehead atoms. The minimum absolute atomic E-state index is 0.0465. The molecule has 5 nitrogen and oxygen atoms in total. The average molecular weight is 416 g/mol. The minimum atomic E-state index is -4.35. The lowest BCUT2D eigenvalue weighted by molar-refractivity contribution is -0.892. The third-order valence-corrected chi connectivity index (χ3v) is 5.38. The molecule has 8 heteroatoms. The summed E-state index contributed by atoms with van der Waals surface area (Å²) in [6, 6.07) is 16.4. The fourth-order valence-corrected chi connectivity index (χ4v) is 3.73. The van der Waals surface area contributed by atoms with Crippen LogP contribution in [-0.2, 0) is 11.0 Å². The maximum atomic E-state index is 12.7. The summed E-state index contributed by atoms with van der Waals surface area (Å²) in [6.07, 6.45) is -3.36. The van der Waals surface area contributed by atoms with Gasteiger partial charge >= 0.3 is 6.18 Å². The summed E-state index contributed by atoms with van der Waals surface area (Å²) < 4.78 is 38.1. The van der Waals surface area contributed by atoms with Crippen molar-refractivity contribution in [2.45, 2.75) is 6.18 Å². The van der Waals surface area contributed by atoms with E-state index < -0.39 is 11.7 Å². The van der Waals surface area contributed by atoms with Crippen LogP contribution < -0.4 is 20.1 Å². The molecule has 156 valence electrons. The molecule has 0 saturated carbocycles. The van der Waals surface area contributed by atoms with Gasteiger partial charge in [-0.15, -0.1) is 0 Å². The maximum absolute atomic E-state index is 12.7. The van der Waals surface area contributed by atoms with E-state index in [9.17, 15) is 18.0 Å². The van der Waals surface area contributed by atoms with Gasteiger partial charge in [0.25, 0.3) is 11.7 Å². The van der Waals surface area contributed by atoms with Crippen molar-refractivity contribution >= 4 is 28.2 Å². The number of fused-ring (bicyclic) bond motifs is 1. The summed E-state index contributed by atoms with van der Waals surface area (Å²) in [4.78, 5) is 18.3. The monoisotopic (exact) mass is 416 g/mol. The Hall–Kier alpha value is -3.13. The Bertz CT molecular complexity index is 1030. The number of benzene rings is 2. The number of quaternary nitrogens is 1. The fourth-order valence-electron chi connectivity index (χ4n) is 3.73. The Morgan fingerprint density at radius 2 is 1.77 bits per heavy atom. The largest absolute Gasteiger partial charge is 0.419 e. The number of aromatic nitrogens is 1. The minimum Gasteiger partial charge on any atom is -0.321 e. The van der Waals surface area contributed by atoms with Crippen LogP contribution in [0, 0.1) is 0 Å². The Morgan fingerprint density at radius 3 is 2.43 bits per heavy atom. The van der Waals surface area contributed by atoms with Gasteiger partial charge in [0.15, 0.2) is 6.54 Å². The lowest BCUT2D eigenvalue weighted by Gasteiger charge is -2.28. The fraction of sp³-hybridized carbons (Fsp3) is 0.273. The second-order valence-corrected chi connectivity index (χ2v) is 7.48. The zero-order valence-corrected chi connectivity index (χ0v) is 16.3. The van der Waals surface area contributed by atoms with Crippen LogP contribution in [0.1, 0.15) is 5.56 Å². The van der Waals surface area contributed by atoms with Gasteiger partial charge in [0.2, 0.25) is 0 Å². The van der Waals surface area contributed by atoms with Gasteiger partial charge in [-0.1, -0.05) is 30.3 Å². The number of carbonyl (C=O) groups is 1. The summed E-state index contributed by atoms with van der Waals surface area (Å²) in [5, 5.41) is 5.15. The number of halogens is 3. The Morgan fingerprint density at radius 1 is 1.03 bits per heavy atom. The van der Waals surface area contributed by atoms with E-state index in [1.165, 1.54) is 6.07 Å². The molecule has 1 amide bonds. The zero-order valence-electron chi connectivity index (χ0n) is 16.3. The van der Waals surface area contributed by atoms with Crippen molar-refractivity contribution in [2.75, 3.05) is 42.9 Å². The van der Waals surface area contributed by atoms with Gasteiger partial charge in [0.1, 0.15) is 32.4 Å². The molecule has 3 aromatic rings. The molecule has 3 N–H and O–H groups in total. The number of hydrogen-bond donors (Lipinski definition) is 2. The number of amides is 1. The number of carbonyl (C=O) groups excluding carboxylic acids is 1. The molecule has 1 fully saturated rings. The molecule has 0 radical (unpaired) electrons. The van der Waals surface area contributed by atoms with Crippen LogP contribution in [0.3, 0.4) is 0 Å². The first kappa shape index (κ1) is 20.2. The van der Waals surface area contributed by atoms with Crippen LogP contribution in [-0.4, -0.2) is 38.6 Å². The molecular weight excluding hydrogens is 393 g/mol. The molecule has 1 saturated heterocycles. The molecule has 1 aliphatic heterocycles. The smallest absolute Gasteiger partial charge is 0.321 e. The number of hydrogen-bond acceptors (Lipinski definition) is 2. The van der Waals surface area contributed by atoms with Gasteiger partial charge in [-0.3, -0.25) is 9.69 Å². The second kappa shape index (κ2) is 8.31. The van der Waals surface area contributed by atoms with Crippen molar-refractivity contribution in [3.63, 3.8) is 0 Å². The molecule has 1 aliphatic rings. The summed E-state index contributed by atoms with van der Waals surface area (Å²) >= 11 is 0. The predicted octanol–water partition coefficient (Wildman–Crippen LogP) is 2.02. The van der Waals surface area contributed by atoms with Crippen LogP contribution in [0.4, 0.5) is 24.7 Å². The van der Waals surface area contributed by atoms with E-state index >= 15 is 0 Å². The van der Waals surface area contributed by atoms with E-state index in [2.05, 4.69) is 10.3 Å². The highest BCUT2D eigenvalue weighted by atomic mass is 19.4. The lowest BCUT2D eigenvalue weighted by atomic mass is 10.1. The van der Waals surface area contributed by atoms with Crippen molar-refractivity contribution in [3.8, 4) is 0 Å². The van der Waals surface area contributed by atoms with Crippen LogP contribution in [0.15, 0.2) is 60.8 Å². The van der Waals surface area contributed by atoms with E-state index in [1.807, 2.05) is 47.4 Å². The third-order valence-electron chi connectivity index (χ3n) is 5.38. The molecule has 1 aromatic heterocycles. The molecule has 0 aliphatic carbocycles. The number of piperazine rings is 1. The number of alkyl halides is 3. The highest BCUT2D eigenvalue weighted by Gasteiger charge is 2.33. The van der Waals surface area contributed by atoms with Gasteiger partial charge < -0.3 is 10.2 Å². The highest BCUT2D eigenvalue weighted by Crippen LogP contribution is 2.28. The Kier molecular flexibility index (Phi) is 5.59. The summed E-state index contributed by atoms with van der Waals surface area (Å²) in [5.74, 6) is 0.609. The Balaban J connectivity index is 1.29. The predicted molar refractivity (Wildman–Crippen MR) is 108 cm³/mol. The van der Waals surface area contributed by atoms with Crippen LogP contribution in [0.5, 0.6) is 0 Å². The molecule has 2 aromatic carbocycles. The molecule has 0 spiro atoms. The molecule has 0 unspecified atom stereocenters. The lowest BCUT2D eigenvalue weighted by Crippen LogP contribution is -3.15. The standard InChI is InChI=1S/C22H21F3N4O/c23-22(24,25)18-6-8-20(26-14-18)29-11-9-28(10-12-29)15-21(30)27-19-7-5-16-3-1-2-4-17(16)13-19/h1-8,13-14H,9-12,15H2,(H,27,30)/p+2. The summed E-state index contributed by atoms with van der Waals surface area (Å²) in [5.41, 5.74) is 0.0805. The Labute approximate surface area is 172 Å². The van der Waals surface area contributed by atoms with Crippen LogP contribution in [0.25, 0.3) is 10.8 Å². The van der Waals surface area contributed by atoms with Gasteiger partial charge in [0.05, 0.1) is 5.56 Å². The van der Waals surface area contributed by atoms with E-state index in [4.69, 9.17) is 0 Å². The molecule has 4 rings (SSSR count). The van der Waals surface area contributed by atoms with Gasteiger partial charge in [-0.25, -0.2) is 4.98 Å². The van der Waals surface area contributed by atoms with E-state index in [0.29, 0.717) is 25.5 Å². The molecule has 2 heterocycles. The zero-order chi connectivity index (χ0) is 21.1. The first-order chi connectivity index (χ1) is 14.4.